The van der Waals surface area contributed by atoms with E-state index in [0.29, 0.717) is 0 Å². The standard InChI is InChI=1S/C23H23NO4S/c1-24(16-19-10-4-2-5-11-19)29(26,27)23-15-9-8-14-21(23)22(25)18-28-17-20-12-6-3-7-13-20/h2-15H,16-18H2,1H3. The number of ketones is 1. The summed E-state index contributed by atoms with van der Waals surface area (Å²) >= 11 is 0. The molecule has 5 nitrogen and oxygen atoms in total. The van der Waals surface area contributed by atoms with Gasteiger partial charge in [-0.3, -0.25) is 4.79 Å². The number of hydrogen-bond donors (Lipinski definition) is 0. The highest BCUT2D eigenvalue weighted by molar-refractivity contribution is 7.89. The van der Waals surface area contributed by atoms with Crippen LogP contribution in [-0.4, -0.2) is 32.2 Å². The number of carbonyl (C=O) groups is 1. The van der Waals surface area contributed by atoms with Crippen LogP contribution < -0.4 is 0 Å². The van der Waals surface area contributed by atoms with Crippen LogP contribution in [0.1, 0.15) is 21.5 Å². The second-order valence-corrected chi connectivity index (χ2v) is 8.66. The lowest BCUT2D eigenvalue weighted by molar-refractivity contribution is 0.0723. The molecule has 0 aliphatic carbocycles. The Bertz CT molecular complexity index is 1050. The molecule has 0 N–H and O–H groups in total. The summed E-state index contributed by atoms with van der Waals surface area (Å²) in [5, 5.41) is 0. The third kappa shape index (κ3) is 5.38. The second-order valence-electron chi connectivity index (χ2n) is 6.64. The van der Waals surface area contributed by atoms with E-state index in [2.05, 4.69) is 0 Å². The monoisotopic (exact) mass is 409 g/mol. The van der Waals surface area contributed by atoms with Crippen LogP contribution in [0.3, 0.4) is 0 Å². The molecule has 0 amide bonds. The molecule has 0 radical (unpaired) electrons. The molecule has 0 atom stereocenters. The molecular formula is C23H23NO4S. The molecule has 0 unspecified atom stereocenters. The molecule has 3 rings (SSSR count). The van der Waals surface area contributed by atoms with Gasteiger partial charge in [-0.2, -0.15) is 4.31 Å². The van der Waals surface area contributed by atoms with E-state index < -0.39 is 10.0 Å². The molecule has 0 aromatic heterocycles. The van der Waals surface area contributed by atoms with Gasteiger partial charge in [-0.1, -0.05) is 72.8 Å². The van der Waals surface area contributed by atoms with Crippen LogP contribution in [0.25, 0.3) is 0 Å². The molecule has 0 aliphatic heterocycles. The zero-order chi connectivity index (χ0) is 20.7. The highest BCUT2D eigenvalue weighted by Gasteiger charge is 2.26. The van der Waals surface area contributed by atoms with Crippen molar-refractivity contribution in [1.29, 1.82) is 0 Å². The maximum absolute atomic E-state index is 13.1. The lowest BCUT2D eigenvalue weighted by Gasteiger charge is -2.19. The zero-order valence-electron chi connectivity index (χ0n) is 16.2. The first-order valence-electron chi connectivity index (χ1n) is 9.22. The smallest absolute Gasteiger partial charge is 0.243 e. The molecule has 0 aliphatic rings. The largest absolute Gasteiger partial charge is 0.369 e. The molecule has 0 spiro atoms. The van der Waals surface area contributed by atoms with E-state index in [1.165, 1.54) is 23.5 Å². The van der Waals surface area contributed by atoms with Crippen molar-refractivity contribution in [3.63, 3.8) is 0 Å². The van der Waals surface area contributed by atoms with Crippen LogP contribution in [0.4, 0.5) is 0 Å². The van der Waals surface area contributed by atoms with Crippen molar-refractivity contribution >= 4 is 15.8 Å². The third-order valence-electron chi connectivity index (χ3n) is 4.47. The average Bonchev–Trinajstić information content (AvgIpc) is 2.75. The predicted molar refractivity (Wildman–Crippen MR) is 112 cm³/mol. The molecule has 3 aromatic carbocycles. The van der Waals surface area contributed by atoms with Crippen LogP contribution in [0.15, 0.2) is 89.8 Å². The van der Waals surface area contributed by atoms with Gasteiger partial charge in [0.1, 0.15) is 6.61 Å². The summed E-state index contributed by atoms with van der Waals surface area (Å²) < 4.78 is 32.9. The summed E-state index contributed by atoms with van der Waals surface area (Å²) in [6, 6.07) is 25.1. The van der Waals surface area contributed by atoms with Gasteiger partial charge >= 0.3 is 0 Å². The van der Waals surface area contributed by atoms with Crippen LogP contribution in [0.2, 0.25) is 0 Å². The molecular weight excluding hydrogens is 386 g/mol. The second kappa shape index (κ2) is 9.60. The van der Waals surface area contributed by atoms with Gasteiger partial charge in [0.15, 0.2) is 5.78 Å². The minimum Gasteiger partial charge on any atom is -0.369 e. The van der Waals surface area contributed by atoms with Crippen LogP contribution in [0.5, 0.6) is 0 Å². The molecule has 6 heteroatoms. The number of rotatable bonds is 9. The topological polar surface area (TPSA) is 63.7 Å². The molecule has 150 valence electrons. The van der Waals surface area contributed by atoms with E-state index in [1.54, 1.807) is 12.1 Å². The van der Waals surface area contributed by atoms with E-state index in [9.17, 15) is 13.2 Å². The van der Waals surface area contributed by atoms with Crippen molar-refractivity contribution < 1.29 is 17.9 Å². The first-order chi connectivity index (χ1) is 14.0. The summed E-state index contributed by atoms with van der Waals surface area (Å²) in [6.45, 7) is 0.315. The van der Waals surface area contributed by atoms with Gasteiger partial charge < -0.3 is 4.74 Å². The molecule has 0 saturated carbocycles. The number of Topliss-reactive ketones (excluding diaryl/α,β-unsaturated/α-hetero) is 1. The minimum atomic E-state index is -3.83. The Morgan fingerprint density at radius 3 is 2.03 bits per heavy atom. The van der Waals surface area contributed by atoms with Gasteiger partial charge in [0.2, 0.25) is 10.0 Å². The number of sulfonamides is 1. The number of nitrogens with zero attached hydrogens (tertiary/aromatic N) is 1. The van der Waals surface area contributed by atoms with Gasteiger partial charge in [0.05, 0.1) is 11.5 Å². The Morgan fingerprint density at radius 2 is 1.38 bits per heavy atom. The van der Waals surface area contributed by atoms with Crippen molar-refractivity contribution in [3.05, 3.63) is 102 Å². The predicted octanol–water partition coefficient (Wildman–Crippen LogP) is 3.91. The first kappa shape index (κ1) is 20.9. The Morgan fingerprint density at radius 1 is 0.828 bits per heavy atom. The molecule has 0 heterocycles. The van der Waals surface area contributed by atoms with E-state index >= 15 is 0 Å². The van der Waals surface area contributed by atoms with Crippen LogP contribution >= 0.6 is 0 Å². The molecule has 0 fully saturated rings. The summed E-state index contributed by atoms with van der Waals surface area (Å²) in [5.74, 6) is -0.367. The number of hydrogen-bond acceptors (Lipinski definition) is 4. The zero-order valence-corrected chi connectivity index (χ0v) is 17.0. The summed E-state index contributed by atoms with van der Waals surface area (Å²) in [5.41, 5.74) is 1.96. The fourth-order valence-corrected chi connectivity index (χ4v) is 4.29. The number of benzene rings is 3. The fraction of sp³-hybridized carbons (Fsp3) is 0.174. The van der Waals surface area contributed by atoms with E-state index in [1.807, 2.05) is 60.7 Å². The van der Waals surface area contributed by atoms with Gasteiger partial charge in [0, 0.05) is 19.2 Å². The third-order valence-corrected chi connectivity index (χ3v) is 6.33. The lowest BCUT2D eigenvalue weighted by atomic mass is 10.1. The Hall–Kier alpha value is -2.80. The van der Waals surface area contributed by atoms with Gasteiger partial charge in [0.25, 0.3) is 0 Å². The summed E-state index contributed by atoms with van der Waals surface area (Å²) in [7, 11) is -2.32. The van der Waals surface area contributed by atoms with Gasteiger partial charge in [-0.05, 0) is 23.3 Å². The lowest BCUT2D eigenvalue weighted by Crippen LogP contribution is -2.28. The van der Waals surface area contributed by atoms with Crippen molar-refractivity contribution in [1.82, 2.24) is 4.31 Å². The highest BCUT2D eigenvalue weighted by Crippen LogP contribution is 2.21. The van der Waals surface area contributed by atoms with Crippen molar-refractivity contribution in [2.45, 2.75) is 18.0 Å². The Labute approximate surface area is 171 Å². The fourth-order valence-electron chi connectivity index (χ4n) is 2.93. The first-order valence-corrected chi connectivity index (χ1v) is 10.7. The van der Waals surface area contributed by atoms with Crippen LogP contribution in [0, 0.1) is 0 Å². The highest BCUT2D eigenvalue weighted by atomic mass is 32.2. The average molecular weight is 410 g/mol. The normalized spacial score (nSPS) is 11.5. The van der Waals surface area contributed by atoms with Gasteiger partial charge in [-0.15, -0.1) is 0 Å². The van der Waals surface area contributed by atoms with Crippen LogP contribution in [-0.2, 0) is 27.9 Å². The van der Waals surface area contributed by atoms with E-state index in [0.717, 1.165) is 11.1 Å². The molecule has 0 bridgehead atoms. The summed E-state index contributed by atoms with van der Waals surface area (Å²) in [6.07, 6.45) is 0. The van der Waals surface area contributed by atoms with Crippen molar-refractivity contribution in [2.24, 2.45) is 0 Å². The maximum Gasteiger partial charge on any atom is 0.243 e. The SMILES string of the molecule is CN(Cc1ccccc1)S(=O)(=O)c1ccccc1C(=O)COCc1ccccc1. The maximum atomic E-state index is 13.1. The van der Waals surface area contributed by atoms with E-state index in [-0.39, 0.29) is 36.0 Å². The minimum absolute atomic E-state index is 0.00765. The quantitative estimate of drug-likeness (QED) is 0.503. The molecule has 29 heavy (non-hydrogen) atoms. The Kier molecular flexibility index (Phi) is 6.93. The van der Waals surface area contributed by atoms with Crippen molar-refractivity contribution in [2.75, 3.05) is 13.7 Å². The number of carbonyl (C=O) groups excluding carboxylic acids is 1. The Balaban J connectivity index is 1.73. The van der Waals surface area contributed by atoms with Gasteiger partial charge in [-0.25, -0.2) is 8.42 Å². The van der Waals surface area contributed by atoms with Crippen molar-refractivity contribution in [3.8, 4) is 0 Å². The van der Waals surface area contributed by atoms with E-state index in [4.69, 9.17) is 4.74 Å². The molecule has 3 aromatic rings. The summed E-state index contributed by atoms with van der Waals surface area (Å²) in [4.78, 5) is 12.7. The number of ether oxygens (including phenoxy) is 1. The molecule has 0 saturated heterocycles.